The van der Waals surface area contributed by atoms with Crippen LogP contribution >= 0.6 is 11.3 Å². The van der Waals surface area contributed by atoms with Crippen molar-refractivity contribution in [2.24, 2.45) is 0 Å². The summed E-state index contributed by atoms with van der Waals surface area (Å²) in [5, 5.41) is 21.8. The van der Waals surface area contributed by atoms with Gasteiger partial charge in [0.1, 0.15) is 5.00 Å². The Bertz CT molecular complexity index is 1130. The van der Waals surface area contributed by atoms with Crippen molar-refractivity contribution in [3.05, 3.63) is 59.7 Å². The fourth-order valence-electron chi connectivity index (χ4n) is 3.63. The summed E-state index contributed by atoms with van der Waals surface area (Å²) in [5.41, 5.74) is 0.328. The first-order chi connectivity index (χ1) is 14.6. The number of fused-ring (bicyclic) bond motifs is 1. The van der Waals surface area contributed by atoms with Gasteiger partial charge in [-0.3, -0.25) is 4.31 Å². The Morgan fingerprint density at radius 3 is 2.32 bits per heavy atom. The summed E-state index contributed by atoms with van der Waals surface area (Å²) in [6, 6.07) is 14.4. The number of nitrogens with zero attached hydrogens (tertiary/aromatic N) is 1. The van der Waals surface area contributed by atoms with E-state index < -0.39 is 15.6 Å². The Balaban J connectivity index is 2.17. The predicted molar refractivity (Wildman–Crippen MR) is 128 cm³/mol. The standard InChI is InChI=1S/C24H31NO4S2/c1-5-6-15-25(31(28,29)19-13-11-18(12-14-19)17(2)16-26)23-22(24(3,4)27)20-9-7-8-10-21(20)30-23/h7-14,17,26-27H,5-6,15-16H2,1-4H3. The van der Waals surface area contributed by atoms with Crippen molar-refractivity contribution < 1.29 is 18.6 Å². The van der Waals surface area contributed by atoms with Crippen LogP contribution in [0.25, 0.3) is 10.1 Å². The normalized spacial score (nSPS) is 13.5. The first kappa shape index (κ1) is 23.7. The first-order valence-electron chi connectivity index (χ1n) is 10.6. The zero-order valence-corrected chi connectivity index (χ0v) is 20.1. The molecule has 1 atom stereocenters. The molecule has 3 aromatic rings. The maximum absolute atomic E-state index is 13.7. The molecule has 2 aromatic carbocycles. The van der Waals surface area contributed by atoms with Crippen molar-refractivity contribution in [3.8, 4) is 0 Å². The van der Waals surface area contributed by atoms with Gasteiger partial charge in [-0.15, -0.1) is 11.3 Å². The van der Waals surface area contributed by atoms with Gasteiger partial charge in [-0.05, 0) is 44.0 Å². The second kappa shape index (κ2) is 9.28. The highest BCUT2D eigenvalue weighted by Crippen LogP contribution is 2.45. The smallest absolute Gasteiger partial charge is 0.264 e. The summed E-state index contributed by atoms with van der Waals surface area (Å²) in [4.78, 5) is 0.205. The first-order valence-corrected chi connectivity index (χ1v) is 12.8. The molecule has 168 valence electrons. The van der Waals surface area contributed by atoms with Crippen LogP contribution in [0.2, 0.25) is 0 Å². The maximum atomic E-state index is 13.7. The molecule has 1 unspecified atom stereocenters. The van der Waals surface area contributed by atoms with Gasteiger partial charge in [-0.25, -0.2) is 8.42 Å². The maximum Gasteiger partial charge on any atom is 0.264 e. The monoisotopic (exact) mass is 461 g/mol. The van der Waals surface area contributed by atoms with Crippen molar-refractivity contribution in [1.82, 2.24) is 0 Å². The lowest BCUT2D eigenvalue weighted by Gasteiger charge is -2.28. The SMILES string of the molecule is CCCCN(c1sc2ccccc2c1C(C)(C)O)S(=O)(=O)c1ccc(C(C)CO)cc1. The van der Waals surface area contributed by atoms with Gasteiger partial charge in [0, 0.05) is 34.7 Å². The molecule has 2 N–H and O–H groups in total. The van der Waals surface area contributed by atoms with E-state index in [0.29, 0.717) is 23.5 Å². The van der Waals surface area contributed by atoms with E-state index in [9.17, 15) is 18.6 Å². The number of thiophene rings is 1. The molecule has 0 amide bonds. The van der Waals surface area contributed by atoms with Crippen LogP contribution in [0.4, 0.5) is 5.00 Å². The Morgan fingerprint density at radius 2 is 1.74 bits per heavy atom. The van der Waals surface area contributed by atoms with Crippen molar-refractivity contribution in [2.75, 3.05) is 17.5 Å². The third kappa shape index (κ3) is 4.80. The number of benzene rings is 2. The van der Waals surface area contributed by atoms with Crippen LogP contribution in [0.5, 0.6) is 0 Å². The van der Waals surface area contributed by atoms with Gasteiger partial charge in [0.05, 0.1) is 10.5 Å². The van der Waals surface area contributed by atoms with Gasteiger partial charge in [0.2, 0.25) is 0 Å². The molecular weight excluding hydrogens is 430 g/mol. The summed E-state index contributed by atoms with van der Waals surface area (Å²) in [6.07, 6.45) is 1.56. The molecule has 31 heavy (non-hydrogen) atoms. The highest BCUT2D eigenvalue weighted by atomic mass is 32.2. The van der Waals surface area contributed by atoms with E-state index in [4.69, 9.17) is 0 Å². The minimum Gasteiger partial charge on any atom is -0.396 e. The third-order valence-corrected chi connectivity index (χ3v) is 8.56. The summed E-state index contributed by atoms with van der Waals surface area (Å²) in [7, 11) is -3.84. The Morgan fingerprint density at radius 1 is 1.10 bits per heavy atom. The molecule has 0 bridgehead atoms. The highest BCUT2D eigenvalue weighted by molar-refractivity contribution is 7.93. The van der Waals surface area contributed by atoms with Gasteiger partial charge < -0.3 is 10.2 Å². The van der Waals surface area contributed by atoms with Gasteiger partial charge >= 0.3 is 0 Å². The van der Waals surface area contributed by atoms with E-state index in [2.05, 4.69) is 0 Å². The molecule has 0 saturated heterocycles. The molecule has 0 aliphatic heterocycles. The molecule has 1 heterocycles. The predicted octanol–water partition coefficient (Wildman–Crippen LogP) is 5.22. The van der Waals surface area contributed by atoms with Crippen LogP contribution in [-0.4, -0.2) is 31.8 Å². The molecule has 7 heteroatoms. The summed E-state index contributed by atoms with van der Waals surface area (Å²) in [6.45, 7) is 7.65. The van der Waals surface area contributed by atoms with E-state index in [-0.39, 0.29) is 17.4 Å². The molecule has 3 rings (SSSR count). The third-order valence-electron chi connectivity index (χ3n) is 5.44. The number of unbranched alkanes of at least 4 members (excludes halogenated alkanes) is 1. The van der Waals surface area contributed by atoms with Crippen LogP contribution in [0, 0.1) is 0 Å². The molecular formula is C24H31NO4S2. The molecule has 0 aliphatic rings. The quantitative estimate of drug-likeness (QED) is 0.458. The van der Waals surface area contributed by atoms with Gasteiger partial charge in [-0.1, -0.05) is 50.6 Å². The molecule has 0 saturated carbocycles. The number of sulfonamides is 1. The van der Waals surface area contributed by atoms with Gasteiger partial charge in [0.25, 0.3) is 10.0 Å². The van der Waals surface area contributed by atoms with E-state index in [1.165, 1.54) is 15.6 Å². The summed E-state index contributed by atoms with van der Waals surface area (Å²) >= 11 is 1.40. The number of aliphatic hydroxyl groups excluding tert-OH is 1. The molecule has 0 spiro atoms. The fourth-order valence-corrected chi connectivity index (χ4v) is 6.74. The van der Waals surface area contributed by atoms with Crippen LogP contribution < -0.4 is 4.31 Å². The van der Waals surface area contributed by atoms with E-state index in [1.54, 1.807) is 38.1 Å². The van der Waals surface area contributed by atoms with Gasteiger partial charge in [0.15, 0.2) is 0 Å². The molecule has 1 aromatic heterocycles. The Kier molecular flexibility index (Phi) is 7.11. The second-order valence-electron chi connectivity index (χ2n) is 8.42. The van der Waals surface area contributed by atoms with Crippen LogP contribution in [0.3, 0.4) is 0 Å². The van der Waals surface area contributed by atoms with Crippen LogP contribution in [-0.2, 0) is 15.6 Å². The van der Waals surface area contributed by atoms with Crippen molar-refractivity contribution in [2.45, 2.75) is 57.0 Å². The van der Waals surface area contributed by atoms with Crippen molar-refractivity contribution in [3.63, 3.8) is 0 Å². The van der Waals surface area contributed by atoms with E-state index >= 15 is 0 Å². The topological polar surface area (TPSA) is 77.8 Å². The molecule has 0 aliphatic carbocycles. The van der Waals surface area contributed by atoms with Crippen molar-refractivity contribution in [1.29, 1.82) is 0 Å². The van der Waals surface area contributed by atoms with Crippen LogP contribution in [0.1, 0.15) is 57.6 Å². The minimum atomic E-state index is -3.84. The molecule has 0 fully saturated rings. The molecule has 5 nitrogen and oxygen atoms in total. The average molecular weight is 462 g/mol. The average Bonchev–Trinajstić information content (AvgIpc) is 3.13. The number of hydrogen-bond donors (Lipinski definition) is 2. The Hall–Kier alpha value is -1.93. The van der Waals surface area contributed by atoms with E-state index in [0.717, 1.165) is 22.1 Å². The van der Waals surface area contributed by atoms with Gasteiger partial charge in [-0.2, -0.15) is 0 Å². The zero-order chi connectivity index (χ0) is 22.8. The second-order valence-corrected chi connectivity index (χ2v) is 11.3. The number of rotatable bonds is 9. The minimum absolute atomic E-state index is 0.00541. The number of hydrogen-bond acceptors (Lipinski definition) is 5. The zero-order valence-electron chi connectivity index (χ0n) is 18.5. The number of aliphatic hydroxyl groups is 2. The lowest BCUT2D eigenvalue weighted by Crippen LogP contribution is -2.33. The van der Waals surface area contributed by atoms with Crippen LogP contribution in [0.15, 0.2) is 53.4 Å². The fraction of sp³-hybridized carbons (Fsp3) is 0.417. The number of anilines is 1. The van der Waals surface area contributed by atoms with E-state index in [1.807, 2.05) is 38.1 Å². The largest absolute Gasteiger partial charge is 0.396 e. The Labute approximate surface area is 189 Å². The summed E-state index contributed by atoms with van der Waals surface area (Å²) < 4.78 is 29.9. The van der Waals surface area contributed by atoms with Crippen molar-refractivity contribution >= 4 is 36.4 Å². The lowest BCUT2D eigenvalue weighted by molar-refractivity contribution is 0.0811. The molecule has 0 radical (unpaired) electrons. The summed E-state index contributed by atoms with van der Waals surface area (Å²) in [5.74, 6) is -0.0580. The lowest BCUT2D eigenvalue weighted by atomic mass is 9.97. The highest BCUT2D eigenvalue weighted by Gasteiger charge is 2.34.